The summed E-state index contributed by atoms with van der Waals surface area (Å²) in [5.41, 5.74) is 0. The van der Waals surface area contributed by atoms with Crippen molar-refractivity contribution in [2.45, 2.75) is 354 Å². The maximum absolute atomic E-state index is 12.9. The molecule has 0 aromatic carbocycles. The number of unbranched alkanes of at least 4 members (excludes halogenated alkanes) is 35. The largest absolute Gasteiger partial charge is 0.756 e. The molecule has 0 N–H and O–H groups in total. The number of quaternary nitrogens is 1. The van der Waals surface area contributed by atoms with Crippen LogP contribution in [0.4, 0.5) is 0 Å². The number of esters is 2. The highest BCUT2D eigenvalue weighted by Crippen LogP contribution is 2.38. The third-order valence-corrected chi connectivity index (χ3v) is 18.5. The second kappa shape index (κ2) is 78.8. The van der Waals surface area contributed by atoms with Gasteiger partial charge in [-0.2, -0.15) is 0 Å². The van der Waals surface area contributed by atoms with E-state index in [2.05, 4.69) is 172 Å². The molecule has 0 aliphatic rings. The Balaban J connectivity index is 3.98. The normalized spacial score (nSPS) is 13.9. The van der Waals surface area contributed by atoms with Gasteiger partial charge in [0.15, 0.2) is 6.10 Å². The summed E-state index contributed by atoms with van der Waals surface area (Å²) in [6.07, 6.45) is 118. The predicted octanol–water partition coefficient (Wildman–Crippen LogP) is 27.2. The second-order valence-electron chi connectivity index (χ2n) is 28.4. The third-order valence-electron chi connectivity index (χ3n) is 17.5. The minimum atomic E-state index is -4.66. The van der Waals surface area contributed by atoms with Crippen molar-refractivity contribution in [3.63, 3.8) is 0 Å². The Labute approximate surface area is 617 Å². The highest BCUT2D eigenvalue weighted by molar-refractivity contribution is 7.45. The first-order valence-corrected chi connectivity index (χ1v) is 42.7. The van der Waals surface area contributed by atoms with Crippen LogP contribution in [0, 0.1) is 0 Å². The molecule has 0 saturated heterocycles. The summed E-state index contributed by atoms with van der Waals surface area (Å²) in [7, 11) is 1.15. The molecule has 572 valence electrons. The molecule has 2 atom stereocenters. The van der Waals surface area contributed by atoms with Gasteiger partial charge < -0.3 is 27.9 Å². The molecule has 100 heavy (non-hydrogen) atoms. The van der Waals surface area contributed by atoms with E-state index in [0.717, 1.165) is 135 Å². The number of likely N-dealkylation sites (N-methyl/N-ethyl adjacent to an activating group) is 1. The van der Waals surface area contributed by atoms with Crippen molar-refractivity contribution in [1.82, 2.24) is 0 Å². The van der Waals surface area contributed by atoms with Gasteiger partial charge in [-0.15, -0.1) is 0 Å². The van der Waals surface area contributed by atoms with Gasteiger partial charge in [-0.05, 0) is 122 Å². The summed E-state index contributed by atoms with van der Waals surface area (Å²) in [4.78, 5) is 38.2. The zero-order valence-electron chi connectivity index (χ0n) is 65.3. The maximum atomic E-state index is 12.9. The molecular weight excluding hydrogens is 1250 g/mol. The quantitative estimate of drug-likeness (QED) is 0.0195. The van der Waals surface area contributed by atoms with Crippen molar-refractivity contribution in [2.75, 3.05) is 47.5 Å². The van der Waals surface area contributed by atoms with E-state index in [1.165, 1.54) is 180 Å². The Bertz CT molecular complexity index is 2250. The number of hydrogen-bond acceptors (Lipinski definition) is 8. The zero-order chi connectivity index (χ0) is 72.5. The van der Waals surface area contributed by atoms with Gasteiger partial charge in [0.1, 0.15) is 19.8 Å². The van der Waals surface area contributed by atoms with Crippen molar-refractivity contribution < 1.29 is 42.1 Å². The van der Waals surface area contributed by atoms with Gasteiger partial charge in [0, 0.05) is 12.8 Å². The molecule has 0 bridgehead atoms. The van der Waals surface area contributed by atoms with Crippen LogP contribution in [-0.4, -0.2) is 70.0 Å². The molecule has 9 nitrogen and oxygen atoms in total. The lowest BCUT2D eigenvalue weighted by molar-refractivity contribution is -0.870. The van der Waals surface area contributed by atoms with E-state index in [-0.39, 0.29) is 32.0 Å². The molecule has 2 unspecified atom stereocenters. The minimum absolute atomic E-state index is 0.0385. The Morgan fingerprint density at radius 1 is 0.310 bits per heavy atom. The van der Waals surface area contributed by atoms with Crippen LogP contribution < -0.4 is 4.89 Å². The van der Waals surface area contributed by atoms with Crippen LogP contribution in [-0.2, 0) is 32.7 Å². The first-order valence-electron chi connectivity index (χ1n) is 41.2. The second-order valence-corrected chi connectivity index (χ2v) is 29.8. The molecule has 0 aliphatic carbocycles. The lowest BCUT2D eigenvalue weighted by Crippen LogP contribution is -2.37. The van der Waals surface area contributed by atoms with E-state index in [4.69, 9.17) is 18.5 Å². The van der Waals surface area contributed by atoms with Crippen molar-refractivity contribution in [2.24, 2.45) is 0 Å². The maximum Gasteiger partial charge on any atom is 0.306 e. The number of carbonyl (C=O) groups is 2. The minimum Gasteiger partial charge on any atom is -0.756 e. The average molecular weight is 1410 g/mol. The molecule has 0 spiro atoms. The predicted molar refractivity (Wildman–Crippen MR) is 434 cm³/mol. The van der Waals surface area contributed by atoms with Crippen molar-refractivity contribution in [3.05, 3.63) is 158 Å². The monoisotopic (exact) mass is 1410 g/mol. The fourth-order valence-corrected chi connectivity index (χ4v) is 12.1. The first-order chi connectivity index (χ1) is 49.0. The van der Waals surface area contributed by atoms with Gasteiger partial charge in [0.05, 0.1) is 27.7 Å². The number of hydrogen-bond donors (Lipinski definition) is 0. The lowest BCUT2D eigenvalue weighted by atomic mass is 10.0. The number of phosphoric acid groups is 1. The van der Waals surface area contributed by atoms with Crippen LogP contribution in [0.5, 0.6) is 0 Å². The summed E-state index contributed by atoms with van der Waals surface area (Å²) in [6.45, 7) is 4.02. The molecule has 0 aromatic heterocycles. The summed E-state index contributed by atoms with van der Waals surface area (Å²) in [5, 5.41) is 0. The van der Waals surface area contributed by atoms with Gasteiger partial charge in [-0.25, -0.2) is 0 Å². The Morgan fingerprint density at radius 2 is 0.540 bits per heavy atom. The fraction of sp³-hybridized carbons (Fsp3) is 0.689. The zero-order valence-corrected chi connectivity index (χ0v) is 66.2. The SMILES string of the molecule is CC/C=C\C/C=C\C/C=C\C/C=C\C/C=C\C/C=C\C/C=C\C/C=C\C/C=C\CCCCCCCCCC(=O)OC(COC(=O)CCCCCCCCCCCCCCCCCCCCCCCCCCCCCC/C=C\C/C=C\C/C=C\C/C=C\CC)COP(=O)([O-])OCC[N+](C)(C)C. The van der Waals surface area contributed by atoms with Gasteiger partial charge >= 0.3 is 11.9 Å². The lowest BCUT2D eigenvalue weighted by Gasteiger charge is -2.28. The number of phosphoric ester groups is 1. The highest BCUT2D eigenvalue weighted by Gasteiger charge is 2.22. The summed E-state index contributed by atoms with van der Waals surface area (Å²) in [5.74, 6) is -0.841. The van der Waals surface area contributed by atoms with E-state index in [1.807, 2.05) is 21.1 Å². The molecular formula is C90H154NO8P. The third kappa shape index (κ3) is 82.6. The topological polar surface area (TPSA) is 111 Å². The van der Waals surface area contributed by atoms with Crippen LogP contribution in [0.25, 0.3) is 0 Å². The smallest absolute Gasteiger partial charge is 0.306 e. The van der Waals surface area contributed by atoms with E-state index < -0.39 is 26.5 Å². The molecule has 0 aromatic rings. The van der Waals surface area contributed by atoms with E-state index in [1.54, 1.807) is 0 Å². The number of rotatable bonds is 75. The van der Waals surface area contributed by atoms with Crippen LogP contribution in [0.1, 0.15) is 348 Å². The average Bonchev–Trinajstić information content (AvgIpc) is 1.65. The van der Waals surface area contributed by atoms with E-state index in [9.17, 15) is 19.0 Å². The van der Waals surface area contributed by atoms with E-state index in [0.29, 0.717) is 17.4 Å². The van der Waals surface area contributed by atoms with E-state index >= 15 is 0 Å². The molecule has 0 rings (SSSR count). The Kier molecular flexibility index (Phi) is 75.3. The molecule has 0 saturated carbocycles. The number of carbonyl (C=O) groups excluding carboxylic acids is 2. The van der Waals surface area contributed by atoms with Crippen molar-refractivity contribution in [3.8, 4) is 0 Å². The van der Waals surface area contributed by atoms with Crippen molar-refractivity contribution in [1.29, 1.82) is 0 Å². The summed E-state index contributed by atoms with van der Waals surface area (Å²) < 4.78 is 34.4. The van der Waals surface area contributed by atoms with Crippen LogP contribution in [0.2, 0.25) is 0 Å². The van der Waals surface area contributed by atoms with Gasteiger partial charge in [-0.1, -0.05) is 371 Å². The van der Waals surface area contributed by atoms with Crippen molar-refractivity contribution >= 4 is 19.8 Å². The Hall–Kier alpha value is -4.37. The summed E-state index contributed by atoms with van der Waals surface area (Å²) in [6, 6.07) is 0. The molecule has 0 amide bonds. The highest BCUT2D eigenvalue weighted by atomic mass is 31.2. The van der Waals surface area contributed by atoms with Crippen LogP contribution >= 0.6 is 7.82 Å². The van der Waals surface area contributed by atoms with Gasteiger partial charge in [-0.3, -0.25) is 14.2 Å². The summed E-state index contributed by atoms with van der Waals surface area (Å²) >= 11 is 0. The number of ether oxygens (including phenoxy) is 2. The molecule has 10 heteroatoms. The number of nitrogens with zero attached hydrogens (tertiary/aromatic N) is 1. The Morgan fingerprint density at radius 3 is 0.800 bits per heavy atom. The standard InChI is InChI=1S/C90H154NO8P/c1-6-8-10-12-14-16-18-20-22-24-26-28-30-32-34-36-38-40-42-43-44-45-46-47-49-50-52-54-56-58-60-62-64-66-68-70-72-74-76-78-80-82-89(92)96-86-88(87-98-100(94,95)97-85-84-91(3,4)5)99-90(93)83-81-79-77-75-73-71-69-67-65-63-61-59-57-55-53-51-48-41-39-37-35-33-31-29-27-25-23-21-19-17-15-13-11-9-7-2/h8-11,14-17,20-23,26-29,33,35,39,41,51,53,57,59,63,65,88H,6-7,12-13,18-19,24-25,30-32,34,36-38,40,42-50,52,54-56,58,60-62,64,66-87H2,1-5H3/b10-8-,11-9-,16-14-,17-15-,22-20-,23-21-,28-26-,29-27-,35-33-,41-39-,53-51-,59-57-,65-63-. The molecule has 0 fully saturated rings. The first kappa shape index (κ1) is 95.6. The van der Waals surface area contributed by atoms with Crippen LogP contribution in [0.3, 0.4) is 0 Å². The molecule has 0 aliphatic heterocycles. The van der Waals surface area contributed by atoms with Crippen LogP contribution in [0.15, 0.2) is 158 Å². The fourth-order valence-electron chi connectivity index (χ4n) is 11.4. The number of allylic oxidation sites excluding steroid dienone is 26. The molecule has 0 heterocycles. The van der Waals surface area contributed by atoms with Gasteiger partial charge in [0.25, 0.3) is 7.82 Å². The molecule has 0 radical (unpaired) electrons. The van der Waals surface area contributed by atoms with Gasteiger partial charge in [0.2, 0.25) is 0 Å².